The topological polar surface area (TPSA) is 75.1 Å². The lowest BCUT2D eigenvalue weighted by Gasteiger charge is -2.35. The van der Waals surface area contributed by atoms with Gasteiger partial charge in [-0.15, -0.1) is 0 Å². The Morgan fingerprint density at radius 2 is 1.88 bits per heavy atom. The average Bonchev–Trinajstić information content (AvgIpc) is 3.56. The Hall–Kier alpha value is -3.56. The lowest BCUT2D eigenvalue weighted by molar-refractivity contribution is -0.139. The largest absolute Gasteiger partial charge is 0.485 e. The molecule has 9 heteroatoms. The van der Waals surface area contributed by atoms with Crippen molar-refractivity contribution < 1.29 is 28.2 Å². The van der Waals surface area contributed by atoms with Crippen molar-refractivity contribution in [2.24, 2.45) is 0 Å². The minimum absolute atomic E-state index is 0.0429. The van der Waals surface area contributed by atoms with E-state index in [9.17, 15) is 14.3 Å². The molecule has 7 nitrogen and oxygen atoms in total. The van der Waals surface area contributed by atoms with Crippen LogP contribution in [-0.2, 0) is 16.1 Å². The highest BCUT2D eigenvalue weighted by Crippen LogP contribution is 2.37. The molecule has 3 fully saturated rings. The van der Waals surface area contributed by atoms with Gasteiger partial charge in [0.05, 0.1) is 6.61 Å². The van der Waals surface area contributed by atoms with E-state index in [4.69, 9.17) is 9.47 Å². The van der Waals surface area contributed by atoms with E-state index in [0.29, 0.717) is 36.3 Å². The number of likely N-dealkylation sites (tertiary alicyclic amines) is 1. The van der Waals surface area contributed by atoms with Gasteiger partial charge in [0.2, 0.25) is 0 Å². The van der Waals surface area contributed by atoms with Gasteiger partial charge in [-0.05, 0) is 105 Å². The molecule has 0 spiro atoms. The van der Waals surface area contributed by atoms with E-state index in [-0.39, 0.29) is 17.9 Å². The van der Waals surface area contributed by atoms with Crippen LogP contribution in [0.3, 0.4) is 0 Å². The second-order valence-corrected chi connectivity index (χ2v) is 12.0. The van der Waals surface area contributed by atoms with Gasteiger partial charge in [-0.3, -0.25) is 4.90 Å². The summed E-state index contributed by atoms with van der Waals surface area (Å²) in [4.78, 5) is 20.6. The normalized spacial score (nSPS) is 21.7. The number of carbonyl (C=O) groups is 1. The molecule has 228 valence electrons. The molecule has 2 aromatic carbocycles. The van der Waals surface area contributed by atoms with E-state index in [2.05, 4.69) is 28.1 Å². The van der Waals surface area contributed by atoms with E-state index in [1.807, 2.05) is 6.92 Å². The molecular weight excluding hydrogens is 552 g/mol. The molecule has 3 aliphatic heterocycles. The summed E-state index contributed by atoms with van der Waals surface area (Å²) in [7, 11) is 0. The number of benzene rings is 2. The third-order valence-corrected chi connectivity index (χ3v) is 9.31. The van der Waals surface area contributed by atoms with Crippen LogP contribution >= 0.6 is 0 Å². The molecule has 3 aliphatic rings. The smallest absolute Gasteiger partial charge is 0.326 e. The predicted octanol–water partition coefficient (Wildman–Crippen LogP) is 6.33. The maximum Gasteiger partial charge on any atom is 0.326 e. The molecule has 1 N–H and O–H groups in total. The van der Waals surface area contributed by atoms with Crippen molar-refractivity contribution in [2.45, 2.75) is 70.1 Å². The number of carboxylic acids is 1. The monoisotopic (exact) mass is 591 g/mol. The molecule has 0 bridgehead atoms. The van der Waals surface area contributed by atoms with Gasteiger partial charge in [0.1, 0.15) is 24.3 Å². The van der Waals surface area contributed by atoms with Gasteiger partial charge in [-0.1, -0.05) is 18.2 Å². The average molecular weight is 592 g/mol. The molecular formula is C34H39F2N3O4. The maximum absolute atomic E-state index is 15.2. The fraction of sp³-hybridized carbons (Fsp3) is 0.471. The molecule has 2 atom stereocenters. The van der Waals surface area contributed by atoms with E-state index in [1.165, 1.54) is 11.6 Å². The minimum Gasteiger partial charge on any atom is -0.485 e. The summed E-state index contributed by atoms with van der Waals surface area (Å²) in [6.45, 7) is 6.61. The Morgan fingerprint density at radius 3 is 2.63 bits per heavy atom. The zero-order chi connectivity index (χ0) is 29.9. The highest BCUT2D eigenvalue weighted by atomic mass is 19.1. The van der Waals surface area contributed by atoms with Crippen LogP contribution in [0.2, 0.25) is 0 Å². The first-order valence-corrected chi connectivity index (χ1v) is 15.4. The number of piperidine rings is 2. The predicted molar refractivity (Wildman–Crippen MR) is 160 cm³/mol. The Morgan fingerprint density at radius 1 is 1.05 bits per heavy atom. The maximum atomic E-state index is 15.2. The number of hydrogen-bond donors (Lipinski definition) is 1. The van der Waals surface area contributed by atoms with Crippen molar-refractivity contribution in [3.05, 3.63) is 77.0 Å². The van der Waals surface area contributed by atoms with Crippen LogP contribution in [-0.4, -0.2) is 65.9 Å². The number of ether oxygens (including phenoxy) is 2. The number of halogens is 2. The van der Waals surface area contributed by atoms with Gasteiger partial charge < -0.3 is 19.5 Å². The molecule has 2 unspecified atom stereocenters. The number of anilines is 1. The van der Waals surface area contributed by atoms with Crippen molar-refractivity contribution in [2.75, 3.05) is 37.7 Å². The zero-order valence-electron chi connectivity index (χ0n) is 24.6. The highest BCUT2D eigenvalue weighted by Gasteiger charge is 2.30. The van der Waals surface area contributed by atoms with Crippen LogP contribution in [0.25, 0.3) is 11.1 Å². The van der Waals surface area contributed by atoms with Gasteiger partial charge in [0.15, 0.2) is 11.6 Å². The number of rotatable bonds is 8. The van der Waals surface area contributed by atoms with E-state index in [0.717, 1.165) is 75.6 Å². The van der Waals surface area contributed by atoms with Gasteiger partial charge in [0, 0.05) is 37.0 Å². The Balaban J connectivity index is 1.18. The molecule has 0 amide bonds. The fourth-order valence-corrected chi connectivity index (χ4v) is 6.82. The van der Waals surface area contributed by atoms with E-state index in [1.54, 1.807) is 23.2 Å². The molecule has 3 aromatic rings. The quantitative estimate of drug-likeness (QED) is 0.328. The summed E-state index contributed by atoms with van der Waals surface area (Å²) in [6.07, 6.45) is 7.11. The third kappa shape index (κ3) is 6.53. The van der Waals surface area contributed by atoms with Gasteiger partial charge in [-0.2, -0.15) is 0 Å². The molecule has 4 heterocycles. The number of aliphatic carboxylic acids is 1. The molecule has 0 aliphatic carbocycles. The van der Waals surface area contributed by atoms with Gasteiger partial charge in [-0.25, -0.2) is 18.6 Å². The summed E-state index contributed by atoms with van der Waals surface area (Å²) < 4.78 is 41.3. The SMILES string of the molecule is Cc1cc(C2CCN(C3CCOC3)CC2)ccc1COc1c(F)cc(F)cc1-c1ccnc(N2CCCCC2C(=O)O)c1. The number of aryl methyl sites for hydroxylation is 1. The summed E-state index contributed by atoms with van der Waals surface area (Å²) in [5.41, 5.74) is 4.10. The number of aromatic nitrogens is 1. The zero-order valence-corrected chi connectivity index (χ0v) is 24.6. The van der Waals surface area contributed by atoms with Crippen LogP contribution in [0.1, 0.15) is 61.1 Å². The minimum atomic E-state index is -0.904. The summed E-state index contributed by atoms with van der Waals surface area (Å²) in [5, 5.41) is 9.72. The molecule has 3 saturated heterocycles. The second-order valence-electron chi connectivity index (χ2n) is 12.0. The molecule has 6 rings (SSSR count). The van der Waals surface area contributed by atoms with Crippen LogP contribution < -0.4 is 9.64 Å². The first-order valence-electron chi connectivity index (χ1n) is 15.4. The summed E-state index contributed by atoms with van der Waals surface area (Å²) in [5.74, 6) is -1.48. The lowest BCUT2D eigenvalue weighted by atomic mass is 9.87. The van der Waals surface area contributed by atoms with Gasteiger partial charge >= 0.3 is 5.97 Å². The van der Waals surface area contributed by atoms with Gasteiger partial charge in [0.25, 0.3) is 0 Å². The molecule has 1 aromatic heterocycles. The first kappa shape index (κ1) is 29.5. The number of hydrogen-bond acceptors (Lipinski definition) is 6. The lowest BCUT2D eigenvalue weighted by Crippen LogP contribution is -2.45. The van der Waals surface area contributed by atoms with E-state index >= 15 is 4.39 Å². The second kappa shape index (κ2) is 13.0. The van der Waals surface area contributed by atoms with Crippen LogP contribution in [0, 0.1) is 18.6 Å². The standard InChI is InChI=1S/C34H39F2N3O4/c1-22-16-24(23-8-13-38(14-9-23)28-10-15-42-21-28)5-6-26(22)20-43-33-29(18-27(35)19-30(33)36)25-7-11-37-32(17-25)39-12-3-2-4-31(39)34(40)41/h5-7,11,16-19,23,28,31H,2-4,8-10,12-15,20-21H2,1H3,(H,40,41). The molecule has 0 saturated carbocycles. The Bertz CT molecular complexity index is 1450. The van der Waals surface area contributed by atoms with Crippen molar-refractivity contribution in [3.63, 3.8) is 0 Å². The van der Waals surface area contributed by atoms with Crippen molar-refractivity contribution in [1.82, 2.24) is 9.88 Å². The Kier molecular flexibility index (Phi) is 8.90. The van der Waals surface area contributed by atoms with Crippen LogP contribution in [0.5, 0.6) is 5.75 Å². The summed E-state index contributed by atoms with van der Waals surface area (Å²) >= 11 is 0. The third-order valence-electron chi connectivity index (χ3n) is 9.31. The highest BCUT2D eigenvalue weighted by molar-refractivity contribution is 5.79. The molecule has 43 heavy (non-hydrogen) atoms. The number of carboxylic acid groups (broad SMARTS) is 1. The van der Waals surface area contributed by atoms with Crippen molar-refractivity contribution >= 4 is 11.8 Å². The number of pyridine rings is 1. The Labute approximate surface area is 251 Å². The summed E-state index contributed by atoms with van der Waals surface area (Å²) in [6, 6.07) is 11.7. The van der Waals surface area contributed by atoms with Crippen LogP contribution in [0.4, 0.5) is 14.6 Å². The fourth-order valence-electron chi connectivity index (χ4n) is 6.82. The van der Waals surface area contributed by atoms with Crippen LogP contribution in [0.15, 0.2) is 48.7 Å². The van der Waals surface area contributed by atoms with Crippen molar-refractivity contribution in [1.29, 1.82) is 0 Å². The van der Waals surface area contributed by atoms with Crippen molar-refractivity contribution in [3.8, 4) is 16.9 Å². The number of nitrogens with zero attached hydrogens (tertiary/aromatic N) is 3. The van der Waals surface area contributed by atoms with E-state index < -0.39 is 23.6 Å². The molecule has 0 radical (unpaired) electrons. The first-order chi connectivity index (χ1) is 20.9.